The van der Waals surface area contributed by atoms with Gasteiger partial charge in [-0.3, -0.25) is 4.79 Å². The minimum Gasteiger partial charge on any atom is -0.478 e. The van der Waals surface area contributed by atoms with Crippen LogP contribution in [-0.4, -0.2) is 30.2 Å². The summed E-state index contributed by atoms with van der Waals surface area (Å²) >= 11 is 5.87. The number of carbonyl (C=O) groups is 2. The zero-order valence-corrected chi connectivity index (χ0v) is 11.9. The molecule has 1 amide bonds. The lowest BCUT2D eigenvalue weighted by Gasteiger charge is -2.31. The number of nitrogens with one attached hydrogen (secondary N) is 1. The Morgan fingerprint density at radius 3 is 2.75 bits per heavy atom. The topological polar surface area (TPSA) is 75.6 Å². The second kappa shape index (κ2) is 5.81. The molecule has 0 spiro atoms. The second-order valence-electron chi connectivity index (χ2n) is 5.17. The minimum atomic E-state index is -1.10. The molecule has 0 radical (unpaired) electrons. The molecule has 2 N–H and O–H groups in total. The number of carboxylic acids is 1. The minimum absolute atomic E-state index is 0.0110. The summed E-state index contributed by atoms with van der Waals surface area (Å²) in [7, 11) is 0. The zero-order valence-electron chi connectivity index (χ0n) is 11.1. The van der Waals surface area contributed by atoms with Crippen LogP contribution in [0.5, 0.6) is 0 Å². The fraction of sp³-hybridized carbons (Fsp3) is 0.429. The highest BCUT2D eigenvalue weighted by atomic mass is 35.5. The molecule has 2 rings (SSSR count). The van der Waals surface area contributed by atoms with E-state index in [1.54, 1.807) is 0 Å². The van der Waals surface area contributed by atoms with Gasteiger partial charge in [0.05, 0.1) is 22.6 Å². The lowest BCUT2D eigenvalue weighted by Crippen LogP contribution is -2.40. The summed E-state index contributed by atoms with van der Waals surface area (Å²) < 4.78 is 5.35. The van der Waals surface area contributed by atoms with Gasteiger partial charge in [-0.25, -0.2) is 4.79 Å². The first-order valence-electron chi connectivity index (χ1n) is 6.34. The van der Waals surface area contributed by atoms with Crippen LogP contribution < -0.4 is 5.32 Å². The average Bonchev–Trinajstić information content (AvgIpc) is 2.39. The molecule has 0 aromatic heterocycles. The molecule has 0 aliphatic carbocycles. The van der Waals surface area contributed by atoms with E-state index in [2.05, 4.69) is 5.32 Å². The van der Waals surface area contributed by atoms with E-state index in [0.29, 0.717) is 18.9 Å². The molecule has 108 valence electrons. The van der Waals surface area contributed by atoms with E-state index < -0.39 is 11.4 Å². The maximum Gasteiger partial charge on any atom is 0.337 e. The summed E-state index contributed by atoms with van der Waals surface area (Å²) in [6, 6.07) is 4.34. The molecule has 0 saturated carbocycles. The number of amides is 1. The molecule has 1 aromatic rings. The summed E-state index contributed by atoms with van der Waals surface area (Å²) in [4.78, 5) is 23.1. The Bertz CT molecular complexity index is 538. The van der Waals surface area contributed by atoms with Crippen LogP contribution in [0.4, 0.5) is 5.69 Å². The first-order chi connectivity index (χ1) is 9.42. The summed E-state index contributed by atoms with van der Waals surface area (Å²) in [5, 5.41) is 11.8. The molecular formula is C14H16ClNO4. The highest BCUT2D eigenvalue weighted by Crippen LogP contribution is 2.30. The van der Waals surface area contributed by atoms with Gasteiger partial charge in [-0.05, 0) is 38.0 Å². The Balaban J connectivity index is 2.12. The van der Waals surface area contributed by atoms with Crippen LogP contribution >= 0.6 is 11.6 Å². The summed E-state index contributed by atoms with van der Waals surface area (Å²) in [5.74, 6) is -1.24. The van der Waals surface area contributed by atoms with E-state index in [1.807, 2.05) is 6.92 Å². The largest absolute Gasteiger partial charge is 0.478 e. The number of aromatic carboxylic acids is 1. The number of anilines is 1. The number of ether oxygens (including phenoxy) is 1. The van der Waals surface area contributed by atoms with Gasteiger partial charge in [-0.1, -0.05) is 11.6 Å². The molecule has 1 aliphatic heterocycles. The van der Waals surface area contributed by atoms with Crippen molar-refractivity contribution in [1.29, 1.82) is 0 Å². The van der Waals surface area contributed by atoms with Crippen molar-refractivity contribution in [2.75, 3.05) is 18.5 Å². The number of carbonyl (C=O) groups excluding carboxylic acids is 1. The van der Waals surface area contributed by atoms with E-state index in [-0.39, 0.29) is 16.5 Å². The Morgan fingerprint density at radius 1 is 1.45 bits per heavy atom. The maximum absolute atomic E-state index is 12.3. The number of benzene rings is 1. The van der Waals surface area contributed by atoms with E-state index in [1.165, 1.54) is 18.2 Å². The van der Waals surface area contributed by atoms with Gasteiger partial charge in [0, 0.05) is 12.3 Å². The van der Waals surface area contributed by atoms with Crippen LogP contribution in [-0.2, 0) is 9.53 Å². The monoisotopic (exact) mass is 297 g/mol. The van der Waals surface area contributed by atoms with E-state index in [4.69, 9.17) is 21.4 Å². The van der Waals surface area contributed by atoms with Crippen LogP contribution in [0, 0.1) is 5.41 Å². The van der Waals surface area contributed by atoms with Gasteiger partial charge in [-0.15, -0.1) is 0 Å². The van der Waals surface area contributed by atoms with Crippen molar-refractivity contribution in [1.82, 2.24) is 0 Å². The molecule has 1 unspecified atom stereocenters. The lowest BCUT2D eigenvalue weighted by atomic mass is 9.84. The molecule has 1 heterocycles. The average molecular weight is 298 g/mol. The first kappa shape index (κ1) is 14.8. The van der Waals surface area contributed by atoms with Gasteiger partial charge >= 0.3 is 5.97 Å². The Morgan fingerprint density at radius 2 is 2.20 bits per heavy atom. The van der Waals surface area contributed by atoms with Crippen LogP contribution in [0.1, 0.15) is 30.1 Å². The van der Waals surface area contributed by atoms with Gasteiger partial charge in [0.1, 0.15) is 0 Å². The van der Waals surface area contributed by atoms with Crippen LogP contribution in [0.25, 0.3) is 0 Å². The molecule has 1 fully saturated rings. The predicted octanol–water partition coefficient (Wildman–Crippen LogP) is 2.79. The smallest absolute Gasteiger partial charge is 0.337 e. The van der Waals surface area contributed by atoms with Crippen molar-refractivity contribution in [2.45, 2.75) is 19.8 Å². The highest BCUT2D eigenvalue weighted by molar-refractivity contribution is 6.33. The van der Waals surface area contributed by atoms with E-state index in [9.17, 15) is 9.59 Å². The van der Waals surface area contributed by atoms with Crippen molar-refractivity contribution >= 4 is 29.2 Å². The number of hydrogen-bond acceptors (Lipinski definition) is 3. The lowest BCUT2D eigenvalue weighted by molar-refractivity contribution is -0.131. The Kier molecular flexibility index (Phi) is 4.30. The summed E-state index contributed by atoms with van der Waals surface area (Å²) in [5.41, 5.74) is -0.0652. The summed E-state index contributed by atoms with van der Waals surface area (Å²) in [6.45, 7) is 2.93. The second-order valence-corrected chi connectivity index (χ2v) is 5.58. The number of carboxylic acid groups (broad SMARTS) is 1. The third-order valence-corrected chi connectivity index (χ3v) is 3.76. The van der Waals surface area contributed by atoms with Gasteiger partial charge in [0.2, 0.25) is 5.91 Å². The van der Waals surface area contributed by atoms with Crippen LogP contribution in [0.15, 0.2) is 18.2 Å². The standard InChI is InChI=1S/C14H16ClNO4/c1-14(5-2-6-20-8-14)13(19)16-9-3-4-10(12(17)18)11(15)7-9/h3-4,7H,2,5-6,8H2,1H3,(H,16,19)(H,17,18). The van der Waals surface area contributed by atoms with Crippen molar-refractivity contribution in [3.05, 3.63) is 28.8 Å². The van der Waals surface area contributed by atoms with Gasteiger partial charge < -0.3 is 15.2 Å². The molecular weight excluding hydrogens is 282 g/mol. The molecule has 0 bridgehead atoms. The SMILES string of the molecule is CC1(C(=O)Nc2ccc(C(=O)O)c(Cl)c2)CCCOC1. The Labute approximate surface area is 121 Å². The molecule has 1 saturated heterocycles. The molecule has 1 atom stereocenters. The normalized spacial score (nSPS) is 22.3. The van der Waals surface area contributed by atoms with Crippen LogP contribution in [0.2, 0.25) is 5.02 Å². The zero-order chi connectivity index (χ0) is 14.8. The molecule has 1 aliphatic rings. The Hall–Kier alpha value is -1.59. The molecule has 5 nitrogen and oxygen atoms in total. The van der Waals surface area contributed by atoms with Crippen LogP contribution in [0.3, 0.4) is 0 Å². The van der Waals surface area contributed by atoms with E-state index >= 15 is 0 Å². The third-order valence-electron chi connectivity index (χ3n) is 3.44. The highest BCUT2D eigenvalue weighted by Gasteiger charge is 2.35. The molecule has 6 heteroatoms. The van der Waals surface area contributed by atoms with E-state index in [0.717, 1.165) is 12.8 Å². The molecule has 1 aromatic carbocycles. The van der Waals surface area contributed by atoms with Crippen molar-refractivity contribution in [2.24, 2.45) is 5.41 Å². The van der Waals surface area contributed by atoms with Crippen molar-refractivity contribution in [3.8, 4) is 0 Å². The third kappa shape index (κ3) is 3.11. The van der Waals surface area contributed by atoms with Crippen molar-refractivity contribution < 1.29 is 19.4 Å². The van der Waals surface area contributed by atoms with Gasteiger partial charge in [-0.2, -0.15) is 0 Å². The number of halogens is 1. The fourth-order valence-electron chi connectivity index (χ4n) is 2.16. The number of hydrogen-bond donors (Lipinski definition) is 2. The van der Waals surface area contributed by atoms with Gasteiger partial charge in [0.15, 0.2) is 0 Å². The quantitative estimate of drug-likeness (QED) is 0.899. The molecule has 20 heavy (non-hydrogen) atoms. The predicted molar refractivity (Wildman–Crippen MR) is 75.2 cm³/mol. The first-order valence-corrected chi connectivity index (χ1v) is 6.72. The van der Waals surface area contributed by atoms with Gasteiger partial charge in [0.25, 0.3) is 0 Å². The van der Waals surface area contributed by atoms with Crippen molar-refractivity contribution in [3.63, 3.8) is 0 Å². The maximum atomic E-state index is 12.3. The number of rotatable bonds is 3. The summed E-state index contributed by atoms with van der Waals surface area (Å²) in [6.07, 6.45) is 1.61. The fourth-order valence-corrected chi connectivity index (χ4v) is 2.42.